The Balaban J connectivity index is 3.14. The second-order valence-electron chi connectivity index (χ2n) is 1.79. The van der Waals surface area contributed by atoms with Gasteiger partial charge in [-0.3, -0.25) is 4.79 Å². The van der Waals surface area contributed by atoms with E-state index in [4.69, 9.17) is 0 Å². The Labute approximate surface area is 69.7 Å². The Morgan fingerprint density at radius 1 is 1.55 bits per heavy atom. The zero-order chi connectivity index (χ0) is 8.69. The van der Waals surface area contributed by atoms with Crippen LogP contribution in [0.1, 0.15) is 6.92 Å². The summed E-state index contributed by atoms with van der Waals surface area (Å²) in [6.45, 7) is 2.03. The lowest BCUT2D eigenvalue weighted by Crippen LogP contribution is -2.24. The average molecular weight is 177 g/mol. The van der Waals surface area contributed by atoms with Gasteiger partial charge in [0, 0.05) is 6.92 Å². The van der Waals surface area contributed by atoms with E-state index in [2.05, 4.69) is 10.1 Å². The monoisotopic (exact) mass is 177 g/mol. The van der Waals surface area contributed by atoms with Crippen LogP contribution >= 0.6 is 11.8 Å². The maximum atomic E-state index is 10.5. The van der Waals surface area contributed by atoms with E-state index in [-0.39, 0.29) is 17.8 Å². The number of carbonyl (C=O) groups is 2. The number of hydrogen-bond donors (Lipinski definition) is 1. The Hall–Kier alpha value is -0.710. The van der Waals surface area contributed by atoms with Crippen molar-refractivity contribution in [3.8, 4) is 0 Å². The van der Waals surface area contributed by atoms with Crippen LogP contribution in [0.25, 0.3) is 0 Å². The van der Waals surface area contributed by atoms with Crippen molar-refractivity contribution >= 4 is 23.0 Å². The van der Waals surface area contributed by atoms with E-state index in [9.17, 15) is 9.59 Å². The highest BCUT2D eigenvalue weighted by Gasteiger charge is 1.97. The van der Waals surface area contributed by atoms with E-state index >= 15 is 0 Å². The second-order valence-corrected chi connectivity index (χ2v) is 2.53. The van der Waals surface area contributed by atoms with Crippen molar-refractivity contribution < 1.29 is 14.3 Å². The molecule has 4 nitrogen and oxygen atoms in total. The zero-order valence-corrected chi connectivity index (χ0v) is 7.36. The second kappa shape index (κ2) is 6.03. The molecule has 0 aliphatic heterocycles. The van der Waals surface area contributed by atoms with Crippen LogP contribution in [0.4, 0.5) is 4.79 Å². The highest BCUT2D eigenvalue weighted by molar-refractivity contribution is 8.12. The summed E-state index contributed by atoms with van der Waals surface area (Å²) in [5, 5.41) is 2.18. The van der Waals surface area contributed by atoms with Crippen molar-refractivity contribution in [2.75, 3.05) is 19.4 Å². The fourth-order valence-electron chi connectivity index (χ4n) is 0.420. The third kappa shape index (κ3) is 7.18. The lowest BCUT2D eigenvalue weighted by Gasteiger charge is -2.02. The predicted octanol–water partition coefficient (Wildman–Crippen LogP) is 0.622. The fourth-order valence-corrected chi connectivity index (χ4v) is 0.622. The van der Waals surface area contributed by atoms with E-state index in [1.54, 1.807) is 6.26 Å². The first kappa shape index (κ1) is 10.3. The Morgan fingerprint density at radius 2 is 2.18 bits per heavy atom. The first-order valence-corrected chi connectivity index (χ1v) is 4.34. The van der Waals surface area contributed by atoms with E-state index < -0.39 is 0 Å². The van der Waals surface area contributed by atoms with Crippen molar-refractivity contribution in [2.45, 2.75) is 6.92 Å². The third-order valence-electron chi connectivity index (χ3n) is 0.863. The van der Waals surface area contributed by atoms with Crippen molar-refractivity contribution in [1.82, 2.24) is 5.32 Å². The van der Waals surface area contributed by atoms with Gasteiger partial charge >= 0.3 is 5.30 Å². The van der Waals surface area contributed by atoms with E-state index in [0.717, 1.165) is 11.8 Å². The van der Waals surface area contributed by atoms with Crippen LogP contribution in [0.3, 0.4) is 0 Å². The van der Waals surface area contributed by atoms with Crippen LogP contribution in [0.2, 0.25) is 0 Å². The average Bonchev–Trinajstić information content (AvgIpc) is 1.97. The number of rotatable bonds is 3. The largest absolute Gasteiger partial charge is 0.456 e. The SMILES string of the molecule is CSC(=O)OCCNC(C)=O. The van der Waals surface area contributed by atoms with Gasteiger partial charge in [-0.25, -0.2) is 4.79 Å². The molecule has 0 aromatic carbocycles. The van der Waals surface area contributed by atoms with Gasteiger partial charge in [0.1, 0.15) is 6.61 Å². The van der Waals surface area contributed by atoms with Gasteiger partial charge in [-0.2, -0.15) is 0 Å². The maximum absolute atomic E-state index is 10.5. The molecule has 0 atom stereocenters. The molecule has 0 saturated heterocycles. The molecule has 5 heteroatoms. The first-order valence-electron chi connectivity index (χ1n) is 3.12. The third-order valence-corrected chi connectivity index (χ3v) is 1.31. The Bertz CT molecular complexity index is 149. The van der Waals surface area contributed by atoms with Gasteiger partial charge in [-0.15, -0.1) is 0 Å². The first-order chi connectivity index (χ1) is 5.16. The van der Waals surface area contributed by atoms with E-state index in [1.165, 1.54) is 6.92 Å². The summed E-state index contributed by atoms with van der Waals surface area (Å²) in [7, 11) is 0. The molecule has 0 saturated carbocycles. The molecular weight excluding hydrogens is 166 g/mol. The molecule has 1 N–H and O–H groups in total. The van der Waals surface area contributed by atoms with Gasteiger partial charge in [0.25, 0.3) is 0 Å². The molecule has 1 amide bonds. The lowest BCUT2D eigenvalue weighted by atomic mass is 10.6. The molecule has 0 unspecified atom stereocenters. The lowest BCUT2D eigenvalue weighted by molar-refractivity contribution is -0.119. The number of carbonyl (C=O) groups excluding carboxylic acids is 2. The molecule has 0 rings (SSSR count). The van der Waals surface area contributed by atoms with Gasteiger partial charge in [-0.1, -0.05) is 0 Å². The summed E-state index contributed by atoms with van der Waals surface area (Å²) in [5.74, 6) is -0.120. The molecule has 0 aliphatic carbocycles. The summed E-state index contributed by atoms with van der Waals surface area (Å²) in [6, 6.07) is 0. The van der Waals surface area contributed by atoms with Gasteiger partial charge in [0.2, 0.25) is 5.91 Å². The highest BCUT2D eigenvalue weighted by atomic mass is 32.2. The molecule has 0 spiro atoms. The molecule has 0 aromatic heterocycles. The number of ether oxygens (including phenoxy) is 1. The van der Waals surface area contributed by atoms with Gasteiger partial charge in [-0.05, 0) is 18.0 Å². The number of amides is 1. The summed E-state index contributed by atoms with van der Waals surface area (Å²) in [4.78, 5) is 20.8. The number of hydrogen-bond acceptors (Lipinski definition) is 4. The maximum Gasteiger partial charge on any atom is 0.367 e. The van der Waals surface area contributed by atoms with E-state index in [0.29, 0.717) is 6.54 Å². The van der Waals surface area contributed by atoms with Crippen molar-refractivity contribution in [2.24, 2.45) is 0 Å². The van der Waals surface area contributed by atoms with Crippen molar-refractivity contribution in [3.05, 3.63) is 0 Å². The zero-order valence-electron chi connectivity index (χ0n) is 6.55. The molecule has 0 fully saturated rings. The minimum absolute atomic E-state index is 0.120. The molecule has 0 radical (unpaired) electrons. The number of nitrogens with one attached hydrogen (secondary N) is 1. The smallest absolute Gasteiger partial charge is 0.367 e. The summed E-state index contributed by atoms with van der Waals surface area (Å²) in [6.07, 6.45) is 1.64. The van der Waals surface area contributed by atoms with Gasteiger partial charge in [0.05, 0.1) is 6.54 Å². The topological polar surface area (TPSA) is 55.4 Å². The Kier molecular flexibility index (Phi) is 5.64. The normalized spacial score (nSPS) is 8.91. The minimum Gasteiger partial charge on any atom is -0.456 e. The van der Waals surface area contributed by atoms with Crippen LogP contribution in [-0.4, -0.2) is 30.6 Å². The van der Waals surface area contributed by atoms with Crippen LogP contribution in [0.15, 0.2) is 0 Å². The van der Waals surface area contributed by atoms with Crippen LogP contribution in [0.5, 0.6) is 0 Å². The molecular formula is C6H11NO3S. The molecule has 0 aromatic rings. The molecule has 0 bridgehead atoms. The van der Waals surface area contributed by atoms with Crippen LogP contribution in [-0.2, 0) is 9.53 Å². The fraction of sp³-hybridized carbons (Fsp3) is 0.667. The predicted molar refractivity (Wildman–Crippen MR) is 43.5 cm³/mol. The van der Waals surface area contributed by atoms with Crippen molar-refractivity contribution in [3.63, 3.8) is 0 Å². The quantitative estimate of drug-likeness (QED) is 0.507. The summed E-state index contributed by atoms with van der Waals surface area (Å²) < 4.78 is 4.65. The molecule has 0 heterocycles. The number of thioether (sulfide) groups is 1. The minimum atomic E-state index is -0.324. The summed E-state index contributed by atoms with van der Waals surface area (Å²) in [5.41, 5.74) is 0. The molecule has 64 valence electrons. The van der Waals surface area contributed by atoms with Gasteiger partial charge < -0.3 is 10.1 Å². The van der Waals surface area contributed by atoms with Crippen LogP contribution in [0, 0.1) is 0 Å². The molecule has 11 heavy (non-hydrogen) atoms. The molecule has 0 aliphatic rings. The Morgan fingerprint density at radius 3 is 2.64 bits per heavy atom. The van der Waals surface area contributed by atoms with Gasteiger partial charge in [0.15, 0.2) is 0 Å². The standard InChI is InChI=1S/C6H11NO3S/c1-5(8)7-3-4-10-6(9)11-2/h3-4H2,1-2H3,(H,7,8). The van der Waals surface area contributed by atoms with Crippen LogP contribution < -0.4 is 5.32 Å². The van der Waals surface area contributed by atoms with E-state index in [1.807, 2.05) is 0 Å². The highest BCUT2D eigenvalue weighted by Crippen LogP contribution is 1.96. The van der Waals surface area contributed by atoms with Crippen molar-refractivity contribution in [1.29, 1.82) is 0 Å². The summed E-state index contributed by atoms with van der Waals surface area (Å²) >= 11 is 1.01.